The molecule has 16 heavy (non-hydrogen) atoms. The summed E-state index contributed by atoms with van der Waals surface area (Å²) in [5.74, 6) is 1.20. The van der Waals surface area contributed by atoms with E-state index in [-0.39, 0.29) is 0 Å². The minimum absolute atomic E-state index is 0.454. The molecule has 0 amide bonds. The first-order valence-corrected chi connectivity index (χ1v) is 6.93. The minimum atomic E-state index is -0.536. The zero-order chi connectivity index (χ0) is 12.2. The summed E-state index contributed by atoms with van der Waals surface area (Å²) in [6, 6.07) is 0.454. The van der Waals surface area contributed by atoms with Crippen molar-refractivity contribution in [3.05, 3.63) is 0 Å². The molecule has 0 saturated heterocycles. The Labute approximate surface area is 101 Å². The molecule has 0 aromatic rings. The number of aliphatic hydroxyl groups is 1. The second kappa shape index (κ2) is 6.02. The molecule has 1 saturated carbocycles. The normalized spacial score (nSPS) is 30.4. The molecule has 2 N–H and O–H groups in total. The van der Waals surface area contributed by atoms with Crippen molar-refractivity contribution in [3.63, 3.8) is 0 Å². The van der Waals surface area contributed by atoms with E-state index in [1.54, 1.807) is 0 Å². The predicted molar refractivity (Wildman–Crippen MR) is 69.5 cm³/mol. The van der Waals surface area contributed by atoms with Crippen molar-refractivity contribution in [2.45, 2.75) is 71.4 Å². The van der Waals surface area contributed by atoms with Crippen LogP contribution in [0.3, 0.4) is 0 Å². The number of hydrogen-bond donors (Lipinski definition) is 2. The van der Waals surface area contributed by atoms with E-state index in [0.717, 1.165) is 12.5 Å². The molecule has 0 radical (unpaired) electrons. The van der Waals surface area contributed by atoms with Crippen LogP contribution in [-0.2, 0) is 0 Å². The van der Waals surface area contributed by atoms with Crippen molar-refractivity contribution in [2.24, 2.45) is 11.8 Å². The van der Waals surface area contributed by atoms with Crippen LogP contribution in [0, 0.1) is 11.8 Å². The molecule has 3 unspecified atom stereocenters. The highest BCUT2D eigenvalue weighted by molar-refractivity contribution is 4.90. The summed E-state index contributed by atoms with van der Waals surface area (Å²) in [4.78, 5) is 0. The summed E-state index contributed by atoms with van der Waals surface area (Å²) in [6.45, 7) is 9.27. The van der Waals surface area contributed by atoms with Gasteiger partial charge in [0.25, 0.3) is 0 Å². The summed E-state index contributed by atoms with van der Waals surface area (Å²) in [5, 5.41) is 14.0. The van der Waals surface area contributed by atoms with Gasteiger partial charge in [0.2, 0.25) is 0 Å². The smallest absolute Gasteiger partial charge is 0.0774 e. The van der Waals surface area contributed by atoms with E-state index in [1.807, 2.05) is 6.92 Å². The van der Waals surface area contributed by atoms with Crippen LogP contribution in [-0.4, -0.2) is 23.3 Å². The Morgan fingerprint density at radius 1 is 1.31 bits per heavy atom. The molecule has 3 atom stereocenters. The van der Waals surface area contributed by atoms with Crippen molar-refractivity contribution in [1.29, 1.82) is 0 Å². The van der Waals surface area contributed by atoms with Crippen LogP contribution in [0.25, 0.3) is 0 Å². The fraction of sp³-hybridized carbons (Fsp3) is 1.00. The average molecular weight is 227 g/mol. The molecule has 1 fully saturated rings. The van der Waals surface area contributed by atoms with Crippen molar-refractivity contribution >= 4 is 0 Å². The summed E-state index contributed by atoms with van der Waals surface area (Å²) in [5.41, 5.74) is -0.536. The fourth-order valence-electron chi connectivity index (χ4n) is 3.06. The van der Waals surface area contributed by atoms with Gasteiger partial charge in [-0.15, -0.1) is 0 Å². The van der Waals surface area contributed by atoms with Gasteiger partial charge in [0.05, 0.1) is 5.60 Å². The highest BCUT2D eigenvalue weighted by Gasteiger charge is 2.37. The second-order valence-electron chi connectivity index (χ2n) is 5.95. The van der Waals surface area contributed by atoms with Crippen LogP contribution < -0.4 is 5.32 Å². The third-order valence-corrected chi connectivity index (χ3v) is 4.10. The third-order valence-electron chi connectivity index (χ3n) is 4.10. The number of nitrogens with one attached hydrogen (secondary N) is 1. The van der Waals surface area contributed by atoms with Crippen LogP contribution in [0.15, 0.2) is 0 Å². The van der Waals surface area contributed by atoms with Gasteiger partial charge in [-0.1, -0.05) is 46.5 Å². The summed E-state index contributed by atoms with van der Waals surface area (Å²) < 4.78 is 0. The lowest BCUT2D eigenvalue weighted by atomic mass is 9.69. The van der Waals surface area contributed by atoms with Gasteiger partial charge in [-0.05, 0) is 25.2 Å². The van der Waals surface area contributed by atoms with Gasteiger partial charge in [0.15, 0.2) is 0 Å². The molecular weight excluding hydrogens is 198 g/mol. The highest BCUT2D eigenvalue weighted by atomic mass is 16.3. The summed E-state index contributed by atoms with van der Waals surface area (Å²) in [7, 11) is 0. The van der Waals surface area contributed by atoms with Gasteiger partial charge < -0.3 is 10.4 Å². The first-order valence-electron chi connectivity index (χ1n) is 6.93. The molecule has 0 bridgehead atoms. The first kappa shape index (κ1) is 14.0. The van der Waals surface area contributed by atoms with Crippen LogP contribution in [0.5, 0.6) is 0 Å². The molecule has 0 heterocycles. The average Bonchev–Trinajstić information content (AvgIpc) is 2.26. The van der Waals surface area contributed by atoms with E-state index in [9.17, 15) is 5.11 Å². The molecule has 0 aromatic heterocycles. The maximum atomic E-state index is 10.6. The van der Waals surface area contributed by atoms with E-state index >= 15 is 0 Å². The summed E-state index contributed by atoms with van der Waals surface area (Å²) >= 11 is 0. The van der Waals surface area contributed by atoms with Crippen LogP contribution in [0.4, 0.5) is 0 Å². The summed E-state index contributed by atoms with van der Waals surface area (Å²) in [6.07, 6.45) is 6.36. The van der Waals surface area contributed by atoms with E-state index in [0.29, 0.717) is 12.0 Å². The largest absolute Gasteiger partial charge is 0.389 e. The van der Waals surface area contributed by atoms with Crippen molar-refractivity contribution in [3.8, 4) is 0 Å². The van der Waals surface area contributed by atoms with E-state index in [1.165, 1.54) is 32.1 Å². The van der Waals surface area contributed by atoms with E-state index < -0.39 is 5.60 Å². The van der Waals surface area contributed by atoms with Gasteiger partial charge in [-0.25, -0.2) is 0 Å². The monoisotopic (exact) mass is 227 g/mol. The maximum Gasteiger partial charge on any atom is 0.0774 e. The van der Waals surface area contributed by atoms with Gasteiger partial charge in [0, 0.05) is 12.6 Å². The topological polar surface area (TPSA) is 32.3 Å². The third kappa shape index (κ3) is 3.74. The Balaban J connectivity index is 2.56. The molecule has 1 aliphatic rings. The molecule has 2 heteroatoms. The van der Waals surface area contributed by atoms with Crippen molar-refractivity contribution in [2.75, 3.05) is 6.54 Å². The molecule has 0 aromatic carbocycles. The predicted octanol–water partition coefficient (Wildman–Crippen LogP) is 2.95. The van der Waals surface area contributed by atoms with E-state index in [2.05, 4.69) is 26.1 Å². The lowest BCUT2D eigenvalue weighted by Gasteiger charge is -2.41. The molecule has 2 nitrogen and oxygen atoms in total. The molecule has 1 rings (SSSR count). The first-order chi connectivity index (χ1) is 7.47. The molecule has 96 valence electrons. The minimum Gasteiger partial charge on any atom is -0.389 e. The quantitative estimate of drug-likeness (QED) is 0.757. The zero-order valence-electron chi connectivity index (χ0n) is 11.4. The second-order valence-corrected chi connectivity index (χ2v) is 5.95. The molecule has 0 aliphatic heterocycles. The van der Waals surface area contributed by atoms with Crippen molar-refractivity contribution < 1.29 is 5.11 Å². The Hall–Kier alpha value is -0.0800. The lowest BCUT2D eigenvalue weighted by Crippen LogP contribution is -2.49. The van der Waals surface area contributed by atoms with Gasteiger partial charge in [-0.3, -0.25) is 0 Å². The lowest BCUT2D eigenvalue weighted by molar-refractivity contribution is -0.0430. The molecule has 1 aliphatic carbocycles. The van der Waals surface area contributed by atoms with Crippen LogP contribution in [0.1, 0.15) is 59.8 Å². The fourth-order valence-corrected chi connectivity index (χ4v) is 3.06. The maximum absolute atomic E-state index is 10.6. The molecular formula is C14H29NO. The van der Waals surface area contributed by atoms with E-state index in [4.69, 9.17) is 0 Å². The van der Waals surface area contributed by atoms with Crippen molar-refractivity contribution in [1.82, 2.24) is 5.32 Å². The van der Waals surface area contributed by atoms with Gasteiger partial charge in [0.1, 0.15) is 0 Å². The van der Waals surface area contributed by atoms with Gasteiger partial charge in [-0.2, -0.15) is 0 Å². The van der Waals surface area contributed by atoms with Gasteiger partial charge >= 0.3 is 0 Å². The molecule has 0 spiro atoms. The number of rotatable bonds is 5. The number of hydrogen-bond acceptors (Lipinski definition) is 2. The Kier molecular flexibility index (Phi) is 5.26. The van der Waals surface area contributed by atoms with Crippen LogP contribution >= 0.6 is 0 Å². The Morgan fingerprint density at radius 2 is 1.94 bits per heavy atom. The van der Waals surface area contributed by atoms with Crippen LogP contribution in [0.2, 0.25) is 0 Å². The highest BCUT2D eigenvalue weighted by Crippen LogP contribution is 2.38. The Bertz CT molecular complexity index is 201. The zero-order valence-corrected chi connectivity index (χ0v) is 11.4. The Morgan fingerprint density at radius 3 is 2.50 bits per heavy atom. The SMILES string of the molecule is CCC1CCCCC1C(C)(O)CNC(C)C. The standard InChI is InChI=1S/C14H29NO/c1-5-12-8-6-7-9-13(12)14(4,16)10-15-11(2)3/h11-13,15-16H,5-10H2,1-4H3.